The van der Waals surface area contributed by atoms with Crippen LogP contribution in [-0.4, -0.2) is 44.2 Å². The predicted octanol–water partition coefficient (Wildman–Crippen LogP) is 3.89. The van der Waals surface area contributed by atoms with Crippen LogP contribution in [0.1, 0.15) is 64.1 Å². The lowest BCUT2D eigenvalue weighted by Crippen LogP contribution is -2.39. The average molecular weight is 391 g/mol. The summed E-state index contributed by atoms with van der Waals surface area (Å²) < 4.78 is 1.73. The molecule has 1 N–H and O–H groups in total. The van der Waals surface area contributed by atoms with Crippen LogP contribution in [0.3, 0.4) is 0 Å². The second-order valence-corrected chi connectivity index (χ2v) is 8.57. The molecule has 1 atom stereocenters. The van der Waals surface area contributed by atoms with Crippen molar-refractivity contribution in [1.82, 2.24) is 19.4 Å². The topological polar surface area (TPSA) is 71.0 Å². The number of hydrogen-bond acceptors (Lipinski definition) is 4. The molecule has 7 heteroatoms. The maximum absolute atomic E-state index is 13.0. The minimum atomic E-state index is -0.0574. The highest BCUT2D eigenvalue weighted by Gasteiger charge is 2.23. The van der Waals surface area contributed by atoms with E-state index in [0.717, 1.165) is 25.0 Å². The van der Waals surface area contributed by atoms with Gasteiger partial charge in [-0.05, 0) is 39.2 Å². The molecule has 148 valence electrons. The SMILES string of the molecule is CC[C@H](C)n1c(SCC(=O)N(C)C2CCCCC2)nc2cc(C)[nH]c2c1=O. The minimum absolute atomic E-state index is 0.0340. The highest BCUT2D eigenvalue weighted by molar-refractivity contribution is 7.99. The normalized spacial score (nSPS) is 16.6. The van der Waals surface area contributed by atoms with Crippen molar-refractivity contribution < 1.29 is 4.79 Å². The predicted molar refractivity (Wildman–Crippen MR) is 110 cm³/mol. The largest absolute Gasteiger partial charge is 0.353 e. The Kier molecular flexibility index (Phi) is 6.29. The number of hydrogen-bond donors (Lipinski definition) is 1. The van der Waals surface area contributed by atoms with Gasteiger partial charge in [0.25, 0.3) is 5.56 Å². The molecule has 0 aliphatic heterocycles. The van der Waals surface area contributed by atoms with E-state index in [-0.39, 0.29) is 17.5 Å². The van der Waals surface area contributed by atoms with Crippen molar-refractivity contribution in [3.8, 4) is 0 Å². The lowest BCUT2D eigenvalue weighted by atomic mass is 9.94. The van der Waals surface area contributed by atoms with E-state index < -0.39 is 0 Å². The molecule has 2 aromatic heterocycles. The molecular formula is C20H30N4O2S. The van der Waals surface area contributed by atoms with E-state index in [1.807, 2.05) is 31.9 Å². The Morgan fingerprint density at radius 1 is 1.41 bits per heavy atom. The third-order valence-electron chi connectivity index (χ3n) is 5.66. The maximum atomic E-state index is 13.0. The summed E-state index contributed by atoms with van der Waals surface area (Å²) in [6.45, 7) is 5.99. The standard InChI is InChI=1S/C20H30N4O2S/c1-5-14(3)24-19(26)18-16(11-13(2)21-18)22-20(24)27-12-17(25)23(4)15-9-7-6-8-10-15/h11,14-15,21H,5-10,12H2,1-4H3/t14-/m0/s1. The van der Waals surface area contributed by atoms with Crippen molar-refractivity contribution in [3.05, 3.63) is 22.1 Å². The number of fused-ring (bicyclic) bond motifs is 1. The third-order valence-corrected chi connectivity index (χ3v) is 6.60. The van der Waals surface area contributed by atoms with Crippen molar-refractivity contribution in [2.45, 2.75) is 76.5 Å². The second kappa shape index (κ2) is 8.50. The fourth-order valence-corrected chi connectivity index (χ4v) is 4.78. The lowest BCUT2D eigenvalue weighted by Gasteiger charge is -2.31. The van der Waals surface area contributed by atoms with Gasteiger partial charge in [0, 0.05) is 24.8 Å². The zero-order valence-corrected chi connectivity index (χ0v) is 17.6. The molecule has 0 radical (unpaired) electrons. The highest BCUT2D eigenvalue weighted by atomic mass is 32.2. The first-order valence-corrected chi connectivity index (χ1v) is 10.9. The molecule has 2 aromatic rings. The van der Waals surface area contributed by atoms with Crippen LogP contribution in [0.25, 0.3) is 11.0 Å². The van der Waals surface area contributed by atoms with Gasteiger partial charge in [0.2, 0.25) is 5.91 Å². The van der Waals surface area contributed by atoms with E-state index in [9.17, 15) is 9.59 Å². The Morgan fingerprint density at radius 3 is 2.78 bits per heavy atom. The van der Waals surface area contributed by atoms with Gasteiger partial charge in [-0.3, -0.25) is 14.2 Å². The molecule has 0 bridgehead atoms. The molecule has 3 rings (SSSR count). The number of nitrogens with zero attached hydrogens (tertiary/aromatic N) is 3. The van der Waals surface area contributed by atoms with E-state index in [2.05, 4.69) is 11.9 Å². The van der Waals surface area contributed by atoms with Gasteiger partial charge in [-0.15, -0.1) is 0 Å². The van der Waals surface area contributed by atoms with Crippen LogP contribution >= 0.6 is 11.8 Å². The zero-order valence-electron chi connectivity index (χ0n) is 16.7. The van der Waals surface area contributed by atoms with Crippen LogP contribution in [0.15, 0.2) is 16.0 Å². The minimum Gasteiger partial charge on any atom is -0.353 e. The molecule has 1 fully saturated rings. The lowest BCUT2D eigenvalue weighted by molar-refractivity contribution is -0.129. The Morgan fingerprint density at radius 2 is 2.11 bits per heavy atom. The number of aromatic nitrogens is 3. The number of nitrogens with one attached hydrogen (secondary N) is 1. The molecule has 6 nitrogen and oxygen atoms in total. The summed E-state index contributed by atoms with van der Waals surface area (Å²) in [5.74, 6) is 0.423. The number of rotatable bonds is 6. The summed E-state index contributed by atoms with van der Waals surface area (Å²) in [4.78, 5) is 35.4. The van der Waals surface area contributed by atoms with Crippen molar-refractivity contribution in [3.63, 3.8) is 0 Å². The number of amides is 1. The first-order valence-electron chi connectivity index (χ1n) is 9.92. The van der Waals surface area contributed by atoms with Crippen LogP contribution in [-0.2, 0) is 4.79 Å². The van der Waals surface area contributed by atoms with Gasteiger partial charge in [0.15, 0.2) is 5.16 Å². The van der Waals surface area contributed by atoms with Crippen LogP contribution in [0, 0.1) is 6.92 Å². The molecular weight excluding hydrogens is 360 g/mol. The molecule has 0 saturated heterocycles. The maximum Gasteiger partial charge on any atom is 0.278 e. The summed E-state index contributed by atoms with van der Waals surface area (Å²) in [5, 5.41) is 0.631. The monoisotopic (exact) mass is 390 g/mol. The number of carbonyl (C=O) groups is 1. The summed E-state index contributed by atoms with van der Waals surface area (Å²) in [5.41, 5.74) is 2.08. The van der Waals surface area contributed by atoms with Crippen LogP contribution in [0.2, 0.25) is 0 Å². The Hall–Kier alpha value is -1.76. The van der Waals surface area contributed by atoms with E-state index in [1.165, 1.54) is 31.0 Å². The Bertz CT molecular complexity index is 867. The van der Waals surface area contributed by atoms with Gasteiger partial charge in [-0.2, -0.15) is 0 Å². The van der Waals surface area contributed by atoms with Crippen molar-refractivity contribution >= 4 is 28.7 Å². The summed E-state index contributed by atoms with van der Waals surface area (Å²) in [6, 6.07) is 2.27. The van der Waals surface area contributed by atoms with E-state index >= 15 is 0 Å². The van der Waals surface area contributed by atoms with Gasteiger partial charge in [0.1, 0.15) is 5.52 Å². The molecule has 2 heterocycles. The molecule has 0 aromatic carbocycles. The van der Waals surface area contributed by atoms with Gasteiger partial charge in [-0.25, -0.2) is 4.98 Å². The van der Waals surface area contributed by atoms with Gasteiger partial charge >= 0.3 is 0 Å². The third kappa shape index (κ3) is 4.23. The number of thioether (sulfide) groups is 1. The van der Waals surface area contributed by atoms with Crippen LogP contribution in [0.5, 0.6) is 0 Å². The smallest absolute Gasteiger partial charge is 0.278 e. The van der Waals surface area contributed by atoms with Gasteiger partial charge < -0.3 is 9.88 Å². The highest BCUT2D eigenvalue weighted by Crippen LogP contribution is 2.25. The van der Waals surface area contributed by atoms with E-state index in [1.54, 1.807) is 4.57 Å². The second-order valence-electron chi connectivity index (χ2n) is 7.62. The van der Waals surface area contributed by atoms with Gasteiger partial charge in [0.05, 0.1) is 11.3 Å². The number of carbonyl (C=O) groups excluding carboxylic acids is 1. The Labute approximate surface area is 164 Å². The van der Waals surface area contributed by atoms with Crippen LogP contribution in [0.4, 0.5) is 0 Å². The number of H-pyrrole nitrogens is 1. The summed E-state index contributed by atoms with van der Waals surface area (Å²) >= 11 is 1.38. The van der Waals surface area contributed by atoms with Crippen molar-refractivity contribution in [2.75, 3.05) is 12.8 Å². The first-order chi connectivity index (χ1) is 12.9. The summed E-state index contributed by atoms with van der Waals surface area (Å²) in [6.07, 6.45) is 6.70. The van der Waals surface area contributed by atoms with E-state index in [0.29, 0.717) is 28.0 Å². The summed E-state index contributed by atoms with van der Waals surface area (Å²) in [7, 11) is 1.91. The fourth-order valence-electron chi connectivity index (χ4n) is 3.76. The molecule has 1 saturated carbocycles. The quantitative estimate of drug-likeness (QED) is 0.600. The van der Waals surface area contributed by atoms with Gasteiger partial charge in [-0.1, -0.05) is 37.9 Å². The Balaban J connectivity index is 1.82. The number of aryl methyl sites for hydroxylation is 1. The molecule has 1 amide bonds. The molecule has 1 aliphatic rings. The molecule has 1 aliphatic carbocycles. The fraction of sp³-hybridized carbons (Fsp3) is 0.650. The molecule has 27 heavy (non-hydrogen) atoms. The molecule has 0 unspecified atom stereocenters. The molecule has 0 spiro atoms. The van der Waals surface area contributed by atoms with Crippen molar-refractivity contribution in [1.29, 1.82) is 0 Å². The van der Waals surface area contributed by atoms with E-state index in [4.69, 9.17) is 4.98 Å². The zero-order chi connectivity index (χ0) is 19.6. The average Bonchev–Trinajstić information content (AvgIpc) is 3.06. The number of aromatic amines is 1. The first kappa shape index (κ1) is 20.0. The van der Waals surface area contributed by atoms with Crippen molar-refractivity contribution in [2.24, 2.45) is 0 Å². The van der Waals surface area contributed by atoms with Crippen LogP contribution < -0.4 is 5.56 Å².